The number of hydrogen-bond donors (Lipinski definition) is 2. The number of para-hydroxylation sites is 1. The maximum Gasteiger partial charge on any atom is 0.317 e. The minimum atomic E-state index is -0.101. The average molecular weight is 425 g/mol. The van der Waals surface area contributed by atoms with Crippen LogP contribution in [0.15, 0.2) is 29.1 Å². The Kier molecular flexibility index (Phi) is 6.96. The largest absolute Gasteiger partial charge is 0.335 e. The predicted molar refractivity (Wildman–Crippen MR) is 125 cm³/mol. The van der Waals surface area contributed by atoms with Gasteiger partial charge in [-0.2, -0.15) is 0 Å². The summed E-state index contributed by atoms with van der Waals surface area (Å²) in [6, 6.07) is 8.57. The molecule has 1 unspecified atom stereocenters. The Hall–Kier alpha value is -2.34. The Bertz CT molecular complexity index is 964. The smallest absolute Gasteiger partial charge is 0.317 e. The second-order valence-corrected chi connectivity index (χ2v) is 9.25. The fourth-order valence-electron chi connectivity index (χ4n) is 5.26. The van der Waals surface area contributed by atoms with E-state index in [0.29, 0.717) is 24.7 Å². The molecule has 2 aromatic rings. The number of likely N-dealkylation sites (N-methyl/N-ethyl adjacent to an activating group) is 1. The molecule has 168 valence electrons. The van der Waals surface area contributed by atoms with Gasteiger partial charge in [0, 0.05) is 24.2 Å². The summed E-state index contributed by atoms with van der Waals surface area (Å²) >= 11 is 0. The zero-order valence-electron chi connectivity index (χ0n) is 19.0. The molecule has 1 aromatic carbocycles. The van der Waals surface area contributed by atoms with Crippen molar-refractivity contribution in [2.24, 2.45) is 0 Å². The number of aromatic amines is 1. The van der Waals surface area contributed by atoms with Gasteiger partial charge in [-0.1, -0.05) is 44.4 Å². The van der Waals surface area contributed by atoms with Crippen LogP contribution in [0.4, 0.5) is 4.79 Å². The van der Waals surface area contributed by atoms with Crippen LogP contribution in [0.3, 0.4) is 0 Å². The molecule has 6 nitrogen and oxygen atoms in total. The zero-order valence-corrected chi connectivity index (χ0v) is 19.0. The molecule has 0 spiro atoms. The number of nitrogens with zero attached hydrogens (tertiary/aromatic N) is 2. The van der Waals surface area contributed by atoms with Crippen molar-refractivity contribution in [2.75, 3.05) is 19.6 Å². The number of urea groups is 1. The number of nitrogens with one attached hydrogen (secondary N) is 2. The number of carbonyl (C=O) groups is 1. The van der Waals surface area contributed by atoms with E-state index >= 15 is 0 Å². The van der Waals surface area contributed by atoms with Gasteiger partial charge in [-0.05, 0) is 62.7 Å². The molecule has 2 fully saturated rings. The first-order valence-electron chi connectivity index (χ1n) is 12.0. The Morgan fingerprint density at radius 3 is 2.77 bits per heavy atom. The van der Waals surface area contributed by atoms with Gasteiger partial charge in [0.1, 0.15) is 0 Å². The van der Waals surface area contributed by atoms with Crippen LogP contribution in [-0.2, 0) is 6.54 Å². The van der Waals surface area contributed by atoms with Gasteiger partial charge in [0.05, 0.1) is 12.1 Å². The number of likely N-dealkylation sites (tertiary alicyclic amines) is 1. The topological polar surface area (TPSA) is 68.4 Å². The Morgan fingerprint density at radius 1 is 1.19 bits per heavy atom. The molecule has 2 aliphatic rings. The molecule has 2 N–H and O–H groups in total. The van der Waals surface area contributed by atoms with Crippen molar-refractivity contribution in [1.29, 1.82) is 0 Å². The number of amides is 2. The first-order valence-corrected chi connectivity index (χ1v) is 12.0. The molecule has 2 heterocycles. The van der Waals surface area contributed by atoms with Crippen molar-refractivity contribution in [3.8, 4) is 0 Å². The van der Waals surface area contributed by atoms with E-state index in [1.54, 1.807) is 0 Å². The molecule has 1 aromatic heterocycles. The highest BCUT2D eigenvalue weighted by atomic mass is 16.2. The number of pyridine rings is 1. The SMILES string of the molecule is CCN1CCCC1CN(Cc1cc2cccc(C)c2[nH]c1=O)C(=O)NC1CCCCC1. The summed E-state index contributed by atoms with van der Waals surface area (Å²) in [5.41, 5.74) is 2.48. The number of fused-ring (bicyclic) bond motifs is 1. The fraction of sp³-hybridized carbons (Fsp3) is 0.600. The van der Waals surface area contributed by atoms with Crippen molar-refractivity contribution in [2.45, 2.75) is 77.4 Å². The summed E-state index contributed by atoms with van der Waals surface area (Å²) in [5.74, 6) is 0. The Labute approximate surface area is 185 Å². The van der Waals surface area contributed by atoms with E-state index in [0.717, 1.165) is 48.8 Å². The Morgan fingerprint density at radius 2 is 2.00 bits per heavy atom. The van der Waals surface area contributed by atoms with Gasteiger partial charge < -0.3 is 15.2 Å². The van der Waals surface area contributed by atoms with Crippen LogP contribution in [0.1, 0.15) is 63.0 Å². The van der Waals surface area contributed by atoms with Crippen LogP contribution in [0.25, 0.3) is 10.9 Å². The number of benzene rings is 1. The van der Waals surface area contributed by atoms with Crippen LogP contribution in [0.5, 0.6) is 0 Å². The number of rotatable bonds is 6. The van der Waals surface area contributed by atoms with E-state index in [2.05, 4.69) is 22.1 Å². The highest BCUT2D eigenvalue weighted by molar-refractivity contribution is 5.82. The second kappa shape index (κ2) is 9.86. The third-order valence-corrected chi connectivity index (χ3v) is 7.08. The van der Waals surface area contributed by atoms with Gasteiger partial charge in [0.15, 0.2) is 0 Å². The minimum Gasteiger partial charge on any atom is -0.335 e. The lowest BCUT2D eigenvalue weighted by Gasteiger charge is -2.32. The summed E-state index contributed by atoms with van der Waals surface area (Å²) < 4.78 is 0. The van der Waals surface area contributed by atoms with Crippen molar-refractivity contribution >= 4 is 16.9 Å². The molecule has 1 atom stereocenters. The predicted octanol–water partition coefficient (Wildman–Crippen LogP) is 4.17. The molecular formula is C25H36N4O2. The van der Waals surface area contributed by atoms with E-state index in [4.69, 9.17) is 0 Å². The molecule has 0 bridgehead atoms. The summed E-state index contributed by atoms with van der Waals surface area (Å²) in [5, 5.41) is 4.28. The zero-order chi connectivity index (χ0) is 21.8. The van der Waals surface area contributed by atoms with E-state index in [1.165, 1.54) is 25.7 Å². The minimum absolute atomic E-state index is 0.0291. The molecule has 6 heteroatoms. The van der Waals surface area contributed by atoms with Crippen molar-refractivity contribution < 1.29 is 4.79 Å². The van der Waals surface area contributed by atoms with E-state index in [-0.39, 0.29) is 17.6 Å². The molecule has 1 aliphatic carbocycles. The lowest BCUT2D eigenvalue weighted by molar-refractivity contribution is 0.159. The standard InChI is InChI=1S/C25H36N4O2/c1-3-28-14-8-13-22(28)17-29(25(31)26-21-11-5-4-6-12-21)16-20-15-19-10-7-9-18(2)23(19)27-24(20)30/h7,9-10,15,21-22H,3-6,8,11-14,16-17H2,1-2H3,(H,26,31)(H,27,30). The first kappa shape index (κ1) is 21.9. The van der Waals surface area contributed by atoms with Gasteiger partial charge in [0.2, 0.25) is 0 Å². The third kappa shape index (κ3) is 5.12. The fourth-order valence-corrected chi connectivity index (χ4v) is 5.26. The highest BCUT2D eigenvalue weighted by Gasteiger charge is 2.29. The van der Waals surface area contributed by atoms with Crippen molar-refractivity contribution in [3.63, 3.8) is 0 Å². The van der Waals surface area contributed by atoms with Crippen LogP contribution in [0.2, 0.25) is 0 Å². The van der Waals surface area contributed by atoms with Gasteiger partial charge in [-0.15, -0.1) is 0 Å². The monoisotopic (exact) mass is 424 g/mol. The summed E-state index contributed by atoms with van der Waals surface area (Å²) in [6.07, 6.45) is 8.01. The van der Waals surface area contributed by atoms with Crippen molar-refractivity contribution in [3.05, 3.63) is 45.7 Å². The molecule has 1 saturated carbocycles. The van der Waals surface area contributed by atoms with E-state index < -0.39 is 0 Å². The maximum absolute atomic E-state index is 13.3. The normalized spacial score (nSPS) is 20.3. The quantitative estimate of drug-likeness (QED) is 0.731. The van der Waals surface area contributed by atoms with Gasteiger partial charge in [0.25, 0.3) is 5.56 Å². The maximum atomic E-state index is 13.3. The van der Waals surface area contributed by atoms with Crippen LogP contribution in [-0.4, -0.2) is 52.5 Å². The highest BCUT2D eigenvalue weighted by Crippen LogP contribution is 2.21. The number of aromatic nitrogens is 1. The second-order valence-electron chi connectivity index (χ2n) is 9.25. The van der Waals surface area contributed by atoms with E-state index in [1.807, 2.05) is 36.1 Å². The van der Waals surface area contributed by atoms with Crippen LogP contribution < -0.4 is 10.9 Å². The number of H-pyrrole nitrogens is 1. The van der Waals surface area contributed by atoms with Gasteiger partial charge in [-0.25, -0.2) is 4.79 Å². The Balaban J connectivity index is 1.57. The molecule has 4 rings (SSSR count). The molecule has 1 saturated heterocycles. The number of aryl methyl sites for hydroxylation is 1. The van der Waals surface area contributed by atoms with Crippen LogP contribution >= 0.6 is 0 Å². The molecule has 1 aliphatic heterocycles. The van der Waals surface area contributed by atoms with Gasteiger partial charge in [-0.3, -0.25) is 9.69 Å². The van der Waals surface area contributed by atoms with Crippen LogP contribution in [0, 0.1) is 6.92 Å². The third-order valence-electron chi connectivity index (χ3n) is 7.08. The molecule has 31 heavy (non-hydrogen) atoms. The summed E-state index contributed by atoms with van der Waals surface area (Å²) in [6.45, 7) is 7.28. The lowest BCUT2D eigenvalue weighted by Crippen LogP contribution is -2.50. The first-order chi connectivity index (χ1) is 15.0. The summed E-state index contributed by atoms with van der Waals surface area (Å²) in [4.78, 5) is 33.5. The average Bonchev–Trinajstić information content (AvgIpc) is 3.22. The number of hydrogen-bond acceptors (Lipinski definition) is 3. The van der Waals surface area contributed by atoms with Gasteiger partial charge >= 0.3 is 6.03 Å². The lowest BCUT2D eigenvalue weighted by atomic mass is 9.96. The molecular weight excluding hydrogens is 388 g/mol. The summed E-state index contributed by atoms with van der Waals surface area (Å²) in [7, 11) is 0. The van der Waals surface area contributed by atoms with Crippen molar-refractivity contribution in [1.82, 2.24) is 20.1 Å². The molecule has 0 radical (unpaired) electrons. The number of carbonyl (C=O) groups excluding carboxylic acids is 1. The van der Waals surface area contributed by atoms with E-state index in [9.17, 15) is 9.59 Å². The molecule has 2 amide bonds.